The molecule has 1 aromatic heterocycles. The van der Waals surface area contributed by atoms with Crippen LogP contribution < -0.4 is 5.32 Å². The Balaban J connectivity index is 1.90. The van der Waals surface area contributed by atoms with Crippen LogP contribution in [0.25, 0.3) is 0 Å². The predicted molar refractivity (Wildman–Crippen MR) is 74.0 cm³/mol. The van der Waals surface area contributed by atoms with Gasteiger partial charge in [0.05, 0.1) is 12.6 Å². The van der Waals surface area contributed by atoms with E-state index in [1.807, 2.05) is 10.3 Å². The van der Waals surface area contributed by atoms with Crippen LogP contribution in [0.15, 0.2) is 11.6 Å². The quantitative estimate of drug-likeness (QED) is 0.880. The normalized spacial score (nSPS) is 19.4. The molecule has 2 rings (SSSR count). The first kappa shape index (κ1) is 14.0. The van der Waals surface area contributed by atoms with Crippen LogP contribution in [0.2, 0.25) is 0 Å². The molecule has 0 aliphatic carbocycles. The van der Waals surface area contributed by atoms with Crippen LogP contribution in [0, 0.1) is 0 Å². The average molecular weight is 282 g/mol. The van der Waals surface area contributed by atoms with Crippen LogP contribution in [0.3, 0.4) is 0 Å². The maximum atomic E-state index is 12.0. The molecular weight excluding hydrogens is 264 g/mol. The Morgan fingerprint density at radius 1 is 1.58 bits per heavy atom. The molecular formula is C12H18N4O2S. The lowest BCUT2D eigenvalue weighted by atomic mass is 10.2. The number of aromatic nitrogens is 1. The number of carbonyl (C=O) groups excluding carboxylic acids is 2. The highest BCUT2D eigenvalue weighted by Gasteiger charge is 2.32. The third kappa shape index (κ3) is 3.51. The number of nitrogens with one attached hydrogen (secondary N) is 1. The number of hydrogen-bond donors (Lipinski definition) is 1. The van der Waals surface area contributed by atoms with Crippen molar-refractivity contribution in [1.82, 2.24) is 14.8 Å². The second kappa shape index (κ2) is 6.12. The molecule has 1 fully saturated rings. The number of likely N-dealkylation sites (tertiary alicyclic amines) is 1. The van der Waals surface area contributed by atoms with E-state index in [0.717, 1.165) is 19.4 Å². The molecule has 0 saturated carbocycles. The number of amides is 2. The molecule has 6 nitrogen and oxygen atoms in total. The second-order valence-corrected chi connectivity index (χ2v) is 5.64. The highest BCUT2D eigenvalue weighted by Crippen LogP contribution is 2.19. The predicted octanol–water partition coefficient (Wildman–Crippen LogP) is 0.634. The Morgan fingerprint density at radius 3 is 3.00 bits per heavy atom. The summed E-state index contributed by atoms with van der Waals surface area (Å²) >= 11 is 1.38. The number of anilines is 1. The zero-order valence-corrected chi connectivity index (χ0v) is 11.9. The van der Waals surface area contributed by atoms with E-state index in [2.05, 4.69) is 10.3 Å². The van der Waals surface area contributed by atoms with Crippen molar-refractivity contribution in [2.45, 2.75) is 18.9 Å². The summed E-state index contributed by atoms with van der Waals surface area (Å²) in [5, 5.41) is 5.15. The molecule has 1 saturated heterocycles. The molecule has 0 aromatic carbocycles. The standard InChI is InChI=1S/C12H18N4O2S/c1-15(2)11(18)9-4-3-6-16(9)8-10(17)14-12-13-5-7-19-12/h5,7,9H,3-4,6,8H2,1-2H3,(H,13,14,17). The van der Waals surface area contributed by atoms with E-state index in [1.165, 1.54) is 11.3 Å². The maximum Gasteiger partial charge on any atom is 0.240 e. The summed E-state index contributed by atoms with van der Waals surface area (Å²) in [6, 6.07) is -0.169. The summed E-state index contributed by atoms with van der Waals surface area (Å²) in [6.07, 6.45) is 3.42. The van der Waals surface area contributed by atoms with Crippen LogP contribution in [-0.4, -0.2) is 59.8 Å². The van der Waals surface area contributed by atoms with E-state index in [4.69, 9.17) is 0 Å². The van der Waals surface area contributed by atoms with Gasteiger partial charge in [0, 0.05) is 25.7 Å². The van der Waals surface area contributed by atoms with E-state index in [-0.39, 0.29) is 24.4 Å². The summed E-state index contributed by atoms with van der Waals surface area (Å²) < 4.78 is 0. The van der Waals surface area contributed by atoms with Crippen molar-refractivity contribution in [2.75, 3.05) is 32.5 Å². The molecule has 1 aliphatic heterocycles. The van der Waals surface area contributed by atoms with Gasteiger partial charge in [-0.3, -0.25) is 14.5 Å². The fourth-order valence-electron chi connectivity index (χ4n) is 2.22. The SMILES string of the molecule is CN(C)C(=O)C1CCCN1CC(=O)Nc1nccs1. The van der Waals surface area contributed by atoms with Gasteiger partial charge in [0.1, 0.15) is 0 Å². The molecule has 0 bridgehead atoms. The molecule has 7 heteroatoms. The van der Waals surface area contributed by atoms with E-state index in [9.17, 15) is 9.59 Å². The lowest BCUT2D eigenvalue weighted by molar-refractivity contribution is -0.133. The van der Waals surface area contributed by atoms with Crippen LogP contribution in [0.1, 0.15) is 12.8 Å². The molecule has 1 unspecified atom stereocenters. The number of nitrogens with zero attached hydrogens (tertiary/aromatic N) is 3. The van der Waals surface area contributed by atoms with E-state index >= 15 is 0 Å². The van der Waals surface area contributed by atoms with Gasteiger partial charge in [0.2, 0.25) is 11.8 Å². The monoisotopic (exact) mass is 282 g/mol. The highest BCUT2D eigenvalue weighted by atomic mass is 32.1. The molecule has 2 heterocycles. The van der Waals surface area contributed by atoms with Crippen molar-refractivity contribution in [3.63, 3.8) is 0 Å². The van der Waals surface area contributed by atoms with Gasteiger partial charge in [-0.25, -0.2) is 4.98 Å². The van der Waals surface area contributed by atoms with Gasteiger partial charge < -0.3 is 10.2 Å². The van der Waals surface area contributed by atoms with E-state index in [1.54, 1.807) is 25.2 Å². The van der Waals surface area contributed by atoms with Gasteiger partial charge in [-0.2, -0.15) is 0 Å². The zero-order valence-electron chi connectivity index (χ0n) is 11.1. The van der Waals surface area contributed by atoms with Crippen LogP contribution >= 0.6 is 11.3 Å². The first-order valence-corrected chi connectivity index (χ1v) is 7.10. The number of hydrogen-bond acceptors (Lipinski definition) is 5. The summed E-state index contributed by atoms with van der Waals surface area (Å²) in [5.74, 6) is -0.0482. The summed E-state index contributed by atoms with van der Waals surface area (Å²) in [6.45, 7) is 1.03. The molecule has 104 valence electrons. The van der Waals surface area contributed by atoms with Gasteiger partial charge >= 0.3 is 0 Å². The van der Waals surface area contributed by atoms with Gasteiger partial charge in [-0.1, -0.05) is 0 Å². The second-order valence-electron chi connectivity index (χ2n) is 4.75. The smallest absolute Gasteiger partial charge is 0.240 e. The number of rotatable bonds is 4. The Kier molecular flexibility index (Phi) is 4.49. The Hall–Kier alpha value is -1.47. The third-order valence-corrected chi connectivity index (χ3v) is 3.80. The fourth-order valence-corrected chi connectivity index (χ4v) is 2.77. The first-order chi connectivity index (χ1) is 9.08. The molecule has 1 N–H and O–H groups in total. The first-order valence-electron chi connectivity index (χ1n) is 6.22. The van der Waals surface area contributed by atoms with Crippen molar-refractivity contribution in [1.29, 1.82) is 0 Å². The molecule has 0 radical (unpaired) electrons. The topological polar surface area (TPSA) is 65.5 Å². The number of carbonyl (C=O) groups is 2. The van der Waals surface area contributed by atoms with Crippen molar-refractivity contribution in [2.24, 2.45) is 0 Å². The van der Waals surface area contributed by atoms with Crippen molar-refractivity contribution >= 4 is 28.3 Å². The summed E-state index contributed by atoms with van der Waals surface area (Å²) in [5.41, 5.74) is 0. The van der Waals surface area contributed by atoms with Crippen LogP contribution in [0.5, 0.6) is 0 Å². The molecule has 0 spiro atoms. The molecule has 1 aromatic rings. The van der Waals surface area contributed by atoms with Crippen LogP contribution in [-0.2, 0) is 9.59 Å². The van der Waals surface area contributed by atoms with Crippen LogP contribution in [0.4, 0.5) is 5.13 Å². The van der Waals surface area contributed by atoms with Gasteiger partial charge in [0.25, 0.3) is 0 Å². The third-order valence-electron chi connectivity index (χ3n) is 3.11. The Bertz CT molecular complexity index is 447. The van der Waals surface area contributed by atoms with Crippen molar-refractivity contribution in [3.05, 3.63) is 11.6 Å². The Labute approximate surface area is 116 Å². The van der Waals surface area contributed by atoms with Gasteiger partial charge in [0.15, 0.2) is 5.13 Å². The maximum absolute atomic E-state index is 12.0. The minimum atomic E-state index is -0.169. The van der Waals surface area contributed by atoms with Crippen molar-refractivity contribution < 1.29 is 9.59 Å². The van der Waals surface area contributed by atoms with Gasteiger partial charge in [-0.15, -0.1) is 11.3 Å². The lowest BCUT2D eigenvalue weighted by Crippen LogP contribution is -2.45. The summed E-state index contributed by atoms with van der Waals surface area (Å²) in [7, 11) is 3.49. The minimum Gasteiger partial charge on any atom is -0.347 e. The molecule has 1 aliphatic rings. The number of thiazole rings is 1. The lowest BCUT2D eigenvalue weighted by Gasteiger charge is -2.25. The zero-order chi connectivity index (χ0) is 13.8. The molecule has 2 amide bonds. The largest absolute Gasteiger partial charge is 0.347 e. The highest BCUT2D eigenvalue weighted by molar-refractivity contribution is 7.13. The summed E-state index contributed by atoms with van der Waals surface area (Å²) in [4.78, 5) is 31.4. The van der Waals surface area contributed by atoms with Gasteiger partial charge in [-0.05, 0) is 19.4 Å². The Morgan fingerprint density at radius 2 is 2.37 bits per heavy atom. The average Bonchev–Trinajstić information content (AvgIpc) is 2.99. The van der Waals surface area contributed by atoms with Crippen molar-refractivity contribution in [3.8, 4) is 0 Å². The number of likely N-dealkylation sites (N-methyl/N-ethyl adjacent to an activating group) is 1. The van der Waals surface area contributed by atoms with E-state index < -0.39 is 0 Å². The fraction of sp³-hybridized carbons (Fsp3) is 0.583. The van der Waals surface area contributed by atoms with E-state index in [0.29, 0.717) is 5.13 Å². The molecule has 19 heavy (non-hydrogen) atoms. The minimum absolute atomic E-state index is 0.0690. The molecule has 1 atom stereocenters.